The zero-order valence-electron chi connectivity index (χ0n) is 32.9. The Morgan fingerprint density at radius 2 is 0.962 bits per heavy atom. The highest BCUT2D eigenvalue weighted by atomic mass is 79.9. The van der Waals surface area contributed by atoms with Crippen LogP contribution < -0.4 is 9.47 Å². The zero-order chi connectivity index (χ0) is 38.1. The van der Waals surface area contributed by atoms with Crippen LogP contribution in [0.5, 0.6) is 11.5 Å². The quantitative estimate of drug-likeness (QED) is 0.0374. The lowest BCUT2D eigenvalue weighted by molar-refractivity contribution is -0.155. The van der Waals surface area contributed by atoms with Crippen LogP contribution in [0.1, 0.15) is 130 Å². The summed E-state index contributed by atoms with van der Waals surface area (Å²) in [6.45, 7) is 10.6. The first-order chi connectivity index (χ1) is 25.9. The molecule has 0 heterocycles. The van der Waals surface area contributed by atoms with Gasteiger partial charge < -0.3 is 28.4 Å². The maximum absolute atomic E-state index is 12.9. The number of ether oxygens (including phenoxy) is 6. The second-order valence-electron chi connectivity index (χ2n) is 13.9. The summed E-state index contributed by atoms with van der Waals surface area (Å²) in [5.41, 5.74) is 0. The molecule has 2 atom stereocenters. The highest BCUT2D eigenvalue weighted by Gasteiger charge is 2.22. The molecular weight excluding hydrogens is 736 g/mol. The first-order valence-corrected chi connectivity index (χ1v) is 21.1. The number of hydrogen-bond acceptors (Lipinski definition) is 8. The van der Waals surface area contributed by atoms with Gasteiger partial charge in [0.15, 0.2) is 12.2 Å². The van der Waals surface area contributed by atoms with Crippen molar-refractivity contribution < 1.29 is 38.0 Å². The third-order valence-corrected chi connectivity index (χ3v) is 9.66. The summed E-state index contributed by atoms with van der Waals surface area (Å²) in [7, 11) is 0. The van der Waals surface area contributed by atoms with Gasteiger partial charge in [-0.1, -0.05) is 132 Å². The molecule has 0 saturated carbocycles. The highest BCUT2D eigenvalue weighted by molar-refractivity contribution is 9.10. The van der Waals surface area contributed by atoms with Crippen LogP contribution in [0.25, 0.3) is 21.5 Å². The van der Waals surface area contributed by atoms with Gasteiger partial charge in [-0.05, 0) is 43.9 Å². The molecule has 0 N–H and O–H groups in total. The third-order valence-electron chi connectivity index (χ3n) is 9.17. The third kappa shape index (κ3) is 16.6. The summed E-state index contributed by atoms with van der Waals surface area (Å²) in [5, 5.41) is 3.43. The van der Waals surface area contributed by atoms with Crippen molar-refractivity contribution in [1.29, 1.82) is 0 Å². The first-order valence-electron chi connectivity index (χ1n) is 20.4. The van der Waals surface area contributed by atoms with Crippen LogP contribution in [0.4, 0.5) is 0 Å². The van der Waals surface area contributed by atoms with E-state index in [0.717, 1.165) is 103 Å². The van der Waals surface area contributed by atoms with E-state index in [1.165, 1.54) is 12.8 Å². The molecule has 3 rings (SSSR count). The van der Waals surface area contributed by atoms with Crippen molar-refractivity contribution in [2.75, 3.05) is 39.6 Å². The Morgan fingerprint density at radius 1 is 0.528 bits per heavy atom. The molecule has 0 aliphatic rings. The molecule has 53 heavy (non-hydrogen) atoms. The Kier molecular flexibility index (Phi) is 22.5. The van der Waals surface area contributed by atoms with Gasteiger partial charge in [0.2, 0.25) is 0 Å². The summed E-state index contributed by atoms with van der Waals surface area (Å²) in [6.07, 6.45) is 14.2. The van der Waals surface area contributed by atoms with Crippen LogP contribution in [-0.4, -0.2) is 63.8 Å². The number of benzene rings is 3. The monoisotopic (exact) mass is 800 g/mol. The molecule has 0 aliphatic heterocycles. The van der Waals surface area contributed by atoms with Crippen molar-refractivity contribution in [3.63, 3.8) is 0 Å². The van der Waals surface area contributed by atoms with E-state index >= 15 is 0 Å². The second-order valence-corrected chi connectivity index (χ2v) is 14.8. The fourth-order valence-electron chi connectivity index (χ4n) is 6.13. The molecule has 0 bridgehead atoms. The molecule has 8 nitrogen and oxygen atoms in total. The van der Waals surface area contributed by atoms with E-state index in [1.54, 1.807) is 0 Å². The molecule has 0 fully saturated rings. The van der Waals surface area contributed by atoms with Crippen molar-refractivity contribution in [3.05, 3.63) is 46.9 Å². The number of rotatable bonds is 30. The Labute approximate surface area is 327 Å². The summed E-state index contributed by atoms with van der Waals surface area (Å²) < 4.78 is 37.8. The maximum atomic E-state index is 12.9. The number of carbonyl (C=O) groups is 2. The van der Waals surface area contributed by atoms with Crippen molar-refractivity contribution in [2.45, 2.75) is 143 Å². The van der Waals surface area contributed by atoms with E-state index in [0.29, 0.717) is 37.6 Å². The summed E-state index contributed by atoms with van der Waals surface area (Å²) >= 11 is 3.66. The molecule has 0 amide bonds. The Bertz CT molecular complexity index is 1480. The molecule has 3 aromatic rings. The molecule has 3 aromatic carbocycles. The van der Waals surface area contributed by atoms with Gasteiger partial charge in [0, 0.05) is 52.1 Å². The lowest BCUT2D eigenvalue weighted by Gasteiger charge is -2.23. The molecular formula is C44H65BrO8. The van der Waals surface area contributed by atoms with Crippen LogP contribution in [0.15, 0.2) is 46.9 Å². The molecule has 0 radical (unpaired) electrons. The SMILES string of the molecule is CCCCCCCC(=O)OC(COCCCC)COc1c2ccccc2c(OCC(COCCCC)OC(=O)CCCCCCC)c2cc(Br)ccc12. The van der Waals surface area contributed by atoms with Gasteiger partial charge in [-0.25, -0.2) is 0 Å². The molecule has 0 aromatic heterocycles. The van der Waals surface area contributed by atoms with E-state index < -0.39 is 12.2 Å². The lowest BCUT2D eigenvalue weighted by atomic mass is 10.0. The molecule has 9 heteroatoms. The fourth-order valence-corrected chi connectivity index (χ4v) is 6.49. The van der Waals surface area contributed by atoms with Crippen LogP contribution in [0.2, 0.25) is 0 Å². The number of hydrogen-bond donors (Lipinski definition) is 0. The van der Waals surface area contributed by atoms with Crippen LogP contribution in [-0.2, 0) is 28.5 Å². The number of esters is 2. The van der Waals surface area contributed by atoms with Crippen molar-refractivity contribution >= 4 is 49.4 Å². The number of carbonyl (C=O) groups excluding carboxylic acids is 2. The van der Waals surface area contributed by atoms with Gasteiger partial charge in [0.1, 0.15) is 24.7 Å². The largest absolute Gasteiger partial charge is 0.488 e. The minimum atomic E-state index is -0.554. The van der Waals surface area contributed by atoms with Crippen LogP contribution in [0, 0.1) is 0 Å². The van der Waals surface area contributed by atoms with Crippen LogP contribution in [0.3, 0.4) is 0 Å². The van der Waals surface area contributed by atoms with E-state index in [2.05, 4.69) is 43.6 Å². The van der Waals surface area contributed by atoms with Crippen molar-refractivity contribution in [2.24, 2.45) is 0 Å². The first kappa shape index (κ1) is 44.5. The topological polar surface area (TPSA) is 89.5 Å². The molecule has 0 saturated heterocycles. The lowest BCUT2D eigenvalue weighted by Crippen LogP contribution is -2.30. The van der Waals surface area contributed by atoms with Crippen LogP contribution >= 0.6 is 15.9 Å². The number of fused-ring (bicyclic) bond motifs is 2. The van der Waals surface area contributed by atoms with E-state index in [1.807, 2.05) is 42.5 Å². The van der Waals surface area contributed by atoms with Gasteiger partial charge >= 0.3 is 11.9 Å². The smallest absolute Gasteiger partial charge is 0.306 e. The van der Waals surface area contributed by atoms with Gasteiger partial charge in [0.25, 0.3) is 0 Å². The predicted molar refractivity (Wildman–Crippen MR) is 218 cm³/mol. The van der Waals surface area contributed by atoms with Gasteiger partial charge in [-0.2, -0.15) is 0 Å². The number of halogens is 1. The highest BCUT2D eigenvalue weighted by Crippen LogP contribution is 2.44. The van der Waals surface area contributed by atoms with Gasteiger partial charge in [-0.3, -0.25) is 9.59 Å². The summed E-state index contributed by atoms with van der Waals surface area (Å²) in [5.74, 6) is 0.911. The Balaban J connectivity index is 1.84. The zero-order valence-corrected chi connectivity index (χ0v) is 34.5. The van der Waals surface area contributed by atoms with E-state index in [9.17, 15) is 9.59 Å². The summed E-state index contributed by atoms with van der Waals surface area (Å²) in [6, 6.07) is 14.0. The number of unbranched alkanes of at least 4 members (excludes halogenated alkanes) is 10. The van der Waals surface area contributed by atoms with E-state index in [4.69, 9.17) is 28.4 Å². The molecule has 0 aliphatic carbocycles. The molecule has 2 unspecified atom stereocenters. The predicted octanol–water partition coefficient (Wildman–Crippen LogP) is 11.7. The second kappa shape index (κ2) is 26.8. The Hall–Kier alpha value is -2.88. The minimum Gasteiger partial charge on any atom is -0.488 e. The minimum absolute atomic E-state index is 0.144. The average Bonchev–Trinajstić information content (AvgIpc) is 3.15. The van der Waals surface area contributed by atoms with Crippen molar-refractivity contribution in [1.82, 2.24) is 0 Å². The molecule has 0 spiro atoms. The van der Waals surface area contributed by atoms with Gasteiger partial charge in [-0.15, -0.1) is 0 Å². The molecule has 296 valence electrons. The standard InChI is InChI=1S/C44H65BrO8/c1-5-9-13-15-17-23-41(46)52-35(30-48-27-11-7-3)32-50-43-37-21-19-20-22-38(37)44(40-29-34(45)25-26-39(40)43)51-33-36(31-49-28-12-8-4)53-42(47)24-18-16-14-10-6-2/h19-22,25-26,29,35-36H,5-18,23-24,27-28,30-33H2,1-4H3. The fraction of sp³-hybridized carbons (Fsp3) is 0.636. The average molecular weight is 802 g/mol. The van der Waals surface area contributed by atoms with Gasteiger partial charge in [0.05, 0.1) is 13.2 Å². The maximum Gasteiger partial charge on any atom is 0.306 e. The Morgan fingerprint density at radius 3 is 1.43 bits per heavy atom. The normalized spacial score (nSPS) is 12.5. The summed E-state index contributed by atoms with van der Waals surface area (Å²) in [4.78, 5) is 25.8. The van der Waals surface area contributed by atoms with E-state index in [-0.39, 0.29) is 38.4 Å². The van der Waals surface area contributed by atoms with Crippen molar-refractivity contribution in [3.8, 4) is 11.5 Å².